The van der Waals surface area contributed by atoms with E-state index >= 15 is 0 Å². The third kappa shape index (κ3) is 1.50. The predicted octanol–water partition coefficient (Wildman–Crippen LogP) is 3.01. The monoisotopic (exact) mass is 216 g/mol. The van der Waals surface area contributed by atoms with Crippen molar-refractivity contribution in [1.29, 1.82) is 0 Å². The van der Waals surface area contributed by atoms with Gasteiger partial charge in [-0.05, 0) is 0 Å². The molecule has 0 unspecified atom stereocenters. The summed E-state index contributed by atoms with van der Waals surface area (Å²) in [4.78, 5) is 9.45. The average Bonchev–Trinajstić information content (AvgIpc) is 2.75. The Morgan fingerprint density at radius 2 is 2.33 bits per heavy atom. The van der Waals surface area contributed by atoms with E-state index in [4.69, 9.17) is 11.6 Å². The van der Waals surface area contributed by atoms with Crippen LogP contribution >= 0.6 is 34.3 Å². The van der Waals surface area contributed by atoms with Crippen LogP contribution in [0.1, 0.15) is 4.88 Å². The molecule has 0 aliphatic carbocycles. The van der Waals surface area contributed by atoms with Gasteiger partial charge in [-0.2, -0.15) is 0 Å². The quantitative estimate of drug-likeness (QED) is 0.722. The van der Waals surface area contributed by atoms with E-state index < -0.39 is 0 Å². The zero-order valence-electron chi connectivity index (χ0n) is 6.03. The first-order valence-corrected chi connectivity index (χ1v) is 5.59. The number of thiazole rings is 2. The molecule has 2 aromatic heterocycles. The Morgan fingerprint density at radius 1 is 1.42 bits per heavy atom. The van der Waals surface area contributed by atoms with E-state index in [1.54, 1.807) is 34.4 Å². The van der Waals surface area contributed by atoms with E-state index in [0.29, 0.717) is 5.88 Å². The maximum Gasteiger partial charge on any atom is 0.142 e. The van der Waals surface area contributed by atoms with Crippen molar-refractivity contribution in [2.24, 2.45) is 0 Å². The number of rotatable bonds is 2. The topological polar surface area (TPSA) is 25.8 Å². The van der Waals surface area contributed by atoms with Crippen molar-refractivity contribution in [2.75, 3.05) is 0 Å². The summed E-state index contributed by atoms with van der Waals surface area (Å²) in [6.45, 7) is 0. The fraction of sp³-hybridized carbons (Fsp3) is 0.143. The second-order valence-corrected chi connectivity index (χ2v) is 4.24. The first-order valence-electron chi connectivity index (χ1n) is 3.29. The van der Waals surface area contributed by atoms with Crippen molar-refractivity contribution in [2.45, 2.75) is 5.88 Å². The normalized spacial score (nSPS) is 10.4. The summed E-state index contributed by atoms with van der Waals surface area (Å²) in [5.41, 5.74) is 2.75. The highest BCUT2D eigenvalue weighted by Crippen LogP contribution is 2.25. The molecule has 12 heavy (non-hydrogen) atoms. The number of nitrogens with zero attached hydrogens (tertiary/aromatic N) is 2. The molecule has 2 rings (SSSR count). The Hall–Kier alpha value is -0.450. The zero-order valence-corrected chi connectivity index (χ0v) is 8.42. The highest BCUT2D eigenvalue weighted by molar-refractivity contribution is 7.15. The molecule has 0 aliphatic heterocycles. The van der Waals surface area contributed by atoms with Gasteiger partial charge in [-0.15, -0.1) is 34.3 Å². The molecule has 0 spiro atoms. The molecule has 0 radical (unpaired) electrons. The van der Waals surface area contributed by atoms with E-state index in [9.17, 15) is 0 Å². The van der Waals surface area contributed by atoms with Crippen LogP contribution in [0, 0.1) is 0 Å². The second-order valence-electron chi connectivity index (χ2n) is 2.14. The van der Waals surface area contributed by atoms with Crippen molar-refractivity contribution in [3.63, 3.8) is 0 Å². The summed E-state index contributed by atoms with van der Waals surface area (Å²) in [6, 6.07) is 0. The Morgan fingerprint density at radius 3 is 2.92 bits per heavy atom. The average molecular weight is 217 g/mol. The molecule has 0 N–H and O–H groups in total. The minimum Gasteiger partial charge on any atom is -0.242 e. The highest BCUT2D eigenvalue weighted by Gasteiger charge is 2.04. The Labute approximate surface area is 82.9 Å². The highest BCUT2D eigenvalue weighted by atomic mass is 35.5. The fourth-order valence-electron chi connectivity index (χ4n) is 0.806. The SMILES string of the molecule is ClCc1cnc(-c2cscn2)s1. The predicted molar refractivity (Wildman–Crippen MR) is 52.8 cm³/mol. The van der Waals surface area contributed by atoms with E-state index in [2.05, 4.69) is 9.97 Å². The number of alkyl halides is 1. The van der Waals surface area contributed by atoms with Gasteiger partial charge in [-0.25, -0.2) is 9.97 Å². The number of hydrogen-bond acceptors (Lipinski definition) is 4. The van der Waals surface area contributed by atoms with Gasteiger partial charge in [-0.3, -0.25) is 0 Å². The van der Waals surface area contributed by atoms with Gasteiger partial charge in [0.1, 0.15) is 10.7 Å². The molecule has 5 heteroatoms. The minimum atomic E-state index is 0.530. The van der Waals surface area contributed by atoms with Crippen molar-refractivity contribution >= 4 is 34.3 Å². The van der Waals surface area contributed by atoms with Crippen LogP contribution in [0.2, 0.25) is 0 Å². The van der Waals surface area contributed by atoms with Crippen LogP contribution < -0.4 is 0 Å². The van der Waals surface area contributed by atoms with E-state index in [-0.39, 0.29) is 0 Å². The molecule has 0 atom stereocenters. The lowest BCUT2D eigenvalue weighted by Gasteiger charge is -1.84. The molecule has 0 saturated carbocycles. The first kappa shape index (κ1) is 8.16. The van der Waals surface area contributed by atoms with Gasteiger partial charge in [-0.1, -0.05) is 0 Å². The lowest BCUT2D eigenvalue weighted by Crippen LogP contribution is -1.70. The summed E-state index contributed by atoms with van der Waals surface area (Å²) in [5.74, 6) is 0.530. The Kier molecular flexibility index (Phi) is 2.39. The summed E-state index contributed by atoms with van der Waals surface area (Å²) in [7, 11) is 0. The Balaban J connectivity index is 2.35. The summed E-state index contributed by atoms with van der Waals surface area (Å²) in [5, 5.41) is 2.93. The van der Waals surface area contributed by atoms with Crippen LogP contribution in [0.25, 0.3) is 10.7 Å². The summed E-state index contributed by atoms with van der Waals surface area (Å²) >= 11 is 8.82. The molecule has 0 fully saturated rings. The van der Waals surface area contributed by atoms with Crippen molar-refractivity contribution in [1.82, 2.24) is 9.97 Å². The third-order valence-electron chi connectivity index (χ3n) is 1.34. The molecule has 0 aromatic carbocycles. The van der Waals surface area contributed by atoms with Crippen LogP contribution in [-0.2, 0) is 5.88 Å². The van der Waals surface area contributed by atoms with Gasteiger partial charge < -0.3 is 0 Å². The van der Waals surface area contributed by atoms with Crippen LogP contribution in [0.3, 0.4) is 0 Å². The van der Waals surface area contributed by atoms with Crippen LogP contribution in [-0.4, -0.2) is 9.97 Å². The van der Waals surface area contributed by atoms with Gasteiger partial charge in [0.2, 0.25) is 0 Å². The van der Waals surface area contributed by atoms with Gasteiger partial charge in [0.15, 0.2) is 0 Å². The molecular weight excluding hydrogens is 212 g/mol. The van der Waals surface area contributed by atoms with Crippen LogP contribution in [0.15, 0.2) is 17.1 Å². The molecule has 2 heterocycles. The Bertz CT molecular complexity index is 355. The van der Waals surface area contributed by atoms with Crippen LogP contribution in [0.4, 0.5) is 0 Å². The third-order valence-corrected chi connectivity index (χ3v) is 3.39. The van der Waals surface area contributed by atoms with Gasteiger partial charge in [0, 0.05) is 16.5 Å². The summed E-state index contributed by atoms with van der Waals surface area (Å²) in [6.07, 6.45) is 1.80. The molecule has 0 amide bonds. The van der Waals surface area contributed by atoms with Crippen molar-refractivity contribution < 1.29 is 0 Å². The molecular formula is C7H5ClN2S2. The maximum absolute atomic E-state index is 5.65. The smallest absolute Gasteiger partial charge is 0.142 e. The maximum atomic E-state index is 5.65. The van der Waals surface area contributed by atoms with Gasteiger partial charge >= 0.3 is 0 Å². The molecule has 2 aromatic rings. The standard InChI is InChI=1S/C7H5ClN2S2/c8-1-5-2-9-7(12-5)6-3-11-4-10-6/h2-4H,1H2. The van der Waals surface area contributed by atoms with Gasteiger partial charge in [0.05, 0.1) is 11.4 Å². The number of hydrogen-bond donors (Lipinski definition) is 0. The second kappa shape index (κ2) is 3.51. The van der Waals surface area contributed by atoms with Crippen LogP contribution in [0.5, 0.6) is 0 Å². The molecule has 0 saturated heterocycles. The van der Waals surface area contributed by atoms with Crippen molar-refractivity contribution in [3.05, 3.63) is 22.0 Å². The molecule has 62 valence electrons. The van der Waals surface area contributed by atoms with E-state index in [1.165, 1.54) is 0 Å². The lowest BCUT2D eigenvalue weighted by atomic mass is 10.5. The molecule has 0 bridgehead atoms. The fourth-order valence-corrected chi connectivity index (χ4v) is 2.38. The minimum absolute atomic E-state index is 0.530. The number of halogens is 1. The van der Waals surface area contributed by atoms with E-state index in [1.807, 2.05) is 5.38 Å². The number of aromatic nitrogens is 2. The van der Waals surface area contributed by atoms with E-state index in [0.717, 1.165) is 15.6 Å². The first-order chi connectivity index (χ1) is 5.90. The van der Waals surface area contributed by atoms with Crippen molar-refractivity contribution in [3.8, 4) is 10.7 Å². The summed E-state index contributed by atoms with van der Waals surface area (Å²) < 4.78 is 0. The molecule has 0 aliphatic rings. The van der Waals surface area contributed by atoms with Gasteiger partial charge in [0.25, 0.3) is 0 Å². The lowest BCUT2D eigenvalue weighted by molar-refractivity contribution is 1.32. The largest absolute Gasteiger partial charge is 0.242 e. The zero-order chi connectivity index (χ0) is 8.39. The molecule has 2 nitrogen and oxygen atoms in total.